The van der Waals surface area contributed by atoms with Gasteiger partial charge in [-0.1, -0.05) is 24.3 Å². The summed E-state index contributed by atoms with van der Waals surface area (Å²) in [5.41, 5.74) is -0.0140. The fraction of sp³-hybridized carbons (Fsp3) is 0.370. The third kappa shape index (κ3) is 8.48. The van der Waals surface area contributed by atoms with Gasteiger partial charge in [-0.3, -0.25) is 15.0 Å². The number of halogens is 5. The van der Waals surface area contributed by atoms with E-state index in [-0.39, 0.29) is 52.4 Å². The van der Waals surface area contributed by atoms with Crippen LogP contribution in [0, 0.1) is 10.1 Å². The molecular formula is C27H31Cl2F3N4O5S. The second kappa shape index (κ2) is 14.9. The van der Waals surface area contributed by atoms with E-state index in [9.17, 15) is 28.1 Å². The molecule has 1 N–H and O–H groups in total. The summed E-state index contributed by atoms with van der Waals surface area (Å²) in [6.07, 6.45) is -5.65. The molecule has 2 heterocycles. The number of hydrogen-bond acceptors (Lipinski definition) is 9. The molecule has 2 aromatic carbocycles. The maximum atomic E-state index is 13.6. The van der Waals surface area contributed by atoms with E-state index in [1.165, 1.54) is 44.4 Å². The van der Waals surface area contributed by atoms with E-state index >= 15 is 0 Å². The monoisotopic (exact) mass is 650 g/mol. The molecule has 0 saturated carbocycles. The zero-order valence-corrected chi connectivity index (χ0v) is 25.4. The standard InChI is InChI=1S/C27H29F3N4O5S.2ClH/c1-17(19-6-4-5-7-20(19)27(28,29)30)39-23-15-24(40-25(23)26(35)38-3)31-21-14-18(8-9-22(21)34(36)37)16-33-12-10-32(2)11-13-33;;/h4-9,14-15,17,31H,10-13,16H2,1-3H3;2*1H/t17-;;/m1../s1. The zero-order chi connectivity index (χ0) is 29.0. The lowest BCUT2D eigenvalue weighted by molar-refractivity contribution is -0.383. The van der Waals surface area contributed by atoms with Crippen molar-refractivity contribution < 1.29 is 32.4 Å². The summed E-state index contributed by atoms with van der Waals surface area (Å²) < 4.78 is 51.4. The van der Waals surface area contributed by atoms with Crippen molar-refractivity contribution in [3.05, 3.63) is 80.2 Å². The Balaban J connectivity index is 0.00000308. The molecule has 4 rings (SSSR count). The van der Waals surface area contributed by atoms with Gasteiger partial charge in [0, 0.05) is 50.4 Å². The third-order valence-electron chi connectivity index (χ3n) is 6.59. The van der Waals surface area contributed by atoms with Crippen LogP contribution in [0.15, 0.2) is 48.5 Å². The molecule has 15 heteroatoms. The predicted molar refractivity (Wildman–Crippen MR) is 160 cm³/mol. The number of nitrogens with zero attached hydrogens (tertiary/aromatic N) is 3. The highest BCUT2D eigenvalue weighted by molar-refractivity contribution is 7.18. The maximum absolute atomic E-state index is 13.6. The molecule has 0 unspecified atom stereocenters. The number of alkyl halides is 3. The van der Waals surface area contributed by atoms with Crippen LogP contribution in [0.2, 0.25) is 0 Å². The van der Waals surface area contributed by atoms with Crippen LogP contribution in [0.25, 0.3) is 0 Å². The van der Waals surface area contributed by atoms with Crippen LogP contribution in [0.4, 0.5) is 29.5 Å². The molecular weight excluding hydrogens is 620 g/mol. The number of nitro groups is 1. The number of likely N-dealkylation sites (N-methyl/N-ethyl adjacent to an activating group) is 1. The van der Waals surface area contributed by atoms with Gasteiger partial charge in [0.2, 0.25) is 0 Å². The smallest absolute Gasteiger partial charge is 0.416 e. The van der Waals surface area contributed by atoms with Gasteiger partial charge in [0.1, 0.15) is 17.5 Å². The number of carbonyl (C=O) groups is 1. The van der Waals surface area contributed by atoms with E-state index < -0.39 is 28.7 Å². The van der Waals surface area contributed by atoms with Crippen LogP contribution < -0.4 is 10.1 Å². The van der Waals surface area contributed by atoms with Crippen LogP contribution in [-0.4, -0.2) is 61.0 Å². The van der Waals surface area contributed by atoms with Gasteiger partial charge in [0.25, 0.3) is 5.69 Å². The number of benzene rings is 2. The number of hydrogen-bond donors (Lipinski definition) is 1. The molecule has 230 valence electrons. The number of carbonyl (C=O) groups excluding carboxylic acids is 1. The lowest BCUT2D eigenvalue weighted by Gasteiger charge is -2.32. The van der Waals surface area contributed by atoms with Crippen LogP contribution in [0.3, 0.4) is 0 Å². The van der Waals surface area contributed by atoms with E-state index in [1.54, 1.807) is 12.1 Å². The Hall–Kier alpha value is -3.10. The Labute approximate surface area is 257 Å². The Morgan fingerprint density at radius 1 is 1.12 bits per heavy atom. The minimum atomic E-state index is -4.59. The van der Waals surface area contributed by atoms with Gasteiger partial charge in [-0.25, -0.2) is 4.79 Å². The third-order valence-corrected chi connectivity index (χ3v) is 7.61. The maximum Gasteiger partial charge on any atom is 0.416 e. The van der Waals surface area contributed by atoms with Crippen LogP contribution in [0.5, 0.6) is 5.75 Å². The second-order valence-electron chi connectivity index (χ2n) is 9.45. The molecule has 3 aromatic rings. The highest BCUT2D eigenvalue weighted by Crippen LogP contribution is 2.41. The molecule has 1 aliphatic rings. The fourth-order valence-electron chi connectivity index (χ4n) is 4.46. The number of thiophene rings is 1. The number of esters is 1. The topological polar surface area (TPSA) is 97.2 Å². The summed E-state index contributed by atoms with van der Waals surface area (Å²) >= 11 is 0.925. The van der Waals surface area contributed by atoms with Crippen molar-refractivity contribution in [2.75, 3.05) is 45.7 Å². The largest absolute Gasteiger partial charge is 0.484 e. The number of piperazine rings is 1. The first-order chi connectivity index (χ1) is 19.0. The molecule has 0 radical (unpaired) electrons. The predicted octanol–water partition coefficient (Wildman–Crippen LogP) is 6.94. The van der Waals surface area contributed by atoms with Gasteiger partial charge in [0.15, 0.2) is 4.88 Å². The summed E-state index contributed by atoms with van der Waals surface area (Å²) in [5.74, 6) is -0.747. The van der Waals surface area contributed by atoms with E-state index in [1.807, 2.05) is 0 Å². The molecule has 1 aliphatic heterocycles. The van der Waals surface area contributed by atoms with Gasteiger partial charge >= 0.3 is 12.1 Å². The van der Waals surface area contributed by atoms with Gasteiger partial charge in [-0.15, -0.1) is 36.2 Å². The van der Waals surface area contributed by atoms with Crippen molar-refractivity contribution in [2.45, 2.75) is 25.7 Å². The number of nitro benzene ring substituents is 1. The average Bonchev–Trinajstić information content (AvgIpc) is 3.30. The van der Waals surface area contributed by atoms with Crippen molar-refractivity contribution in [3.8, 4) is 5.75 Å². The number of ether oxygens (including phenoxy) is 2. The molecule has 0 aliphatic carbocycles. The van der Waals surface area contributed by atoms with E-state index in [0.29, 0.717) is 11.5 Å². The SMILES string of the molecule is COC(=O)c1sc(Nc2cc(CN3CCN(C)CC3)ccc2[N+](=O)[O-])cc1O[C@H](C)c1ccccc1C(F)(F)F.Cl.Cl. The Morgan fingerprint density at radius 2 is 1.79 bits per heavy atom. The summed E-state index contributed by atoms with van der Waals surface area (Å²) in [7, 11) is 3.23. The van der Waals surface area contributed by atoms with Crippen LogP contribution in [0.1, 0.15) is 39.4 Å². The Kier molecular flexibility index (Phi) is 12.4. The summed E-state index contributed by atoms with van der Waals surface area (Å²) in [4.78, 5) is 28.3. The fourth-order valence-corrected chi connectivity index (χ4v) is 5.38. The number of rotatable bonds is 9. The van der Waals surface area contributed by atoms with Gasteiger partial charge < -0.3 is 19.7 Å². The molecule has 1 aromatic heterocycles. The van der Waals surface area contributed by atoms with Gasteiger partial charge in [0.05, 0.1) is 22.6 Å². The molecule has 1 atom stereocenters. The van der Waals surface area contributed by atoms with E-state index in [2.05, 4.69) is 22.2 Å². The first-order valence-corrected chi connectivity index (χ1v) is 13.3. The summed E-state index contributed by atoms with van der Waals surface area (Å²) in [6.45, 7) is 5.67. The molecule has 42 heavy (non-hydrogen) atoms. The number of methoxy groups -OCH3 is 1. The average molecular weight is 652 g/mol. The van der Waals surface area contributed by atoms with Gasteiger partial charge in [-0.05, 0) is 31.7 Å². The highest BCUT2D eigenvalue weighted by Gasteiger charge is 2.35. The lowest BCUT2D eigenvalue weighted by atomic mass is 10.0. The van der Waals surface area contributed by atoms with Crippen LogP contribution >= 0.6 is 36.2 Å². The minimum absolute atomic E-state index is 0. The molecule has 1 saturated heterocycles. The van der Waals surface area contributed by atoms with Gasteiger partial charge in [-0.2, -0.15) is 13.2 Å². The van der Waals surface area contributed by atoms with E-state index in [0.717, 1.165) is 49.1 Å². The van der Waals surface area contributed by atoms with Crippen LogP contribution in [-0.2, 0) is 17.5 Å². The Bertz CT molecular complexity index is 1380. The normalized spacial score (nSPS) is 14.7. The summed E-state index contributed by atoms with van der Waals surface area (Å²) in [6, 6.07) is 11.3. The summed E-state index contributed by atoms with van der Waals surface area (Å²) in [5, 5.41) is 15.1. The second-order valence-corrected chi connectivity index (χ2v) is 10.5. The Morgan fingerprint density at radius 3 is 2.40 bits per heavy atom. The van der Waals surface area contributed by atoms with Crippen molar-refractivity contribution in [1.82, 2.24) is 9.80 Å². The lowest BCUT2D eigenvalue weighted by Crippen LogP contribution is -2.43. The first-order valence-electron chi connectivity index (χ1n) is 12.5. The number of nitrogens with one attached hydrogen (secondary N) is 1. The quantitative estimate of drug-likeness (QED) is 0.151. The minimum Gasteiger partial charge on any atom is -0.484 e. The highest BCUT2D eigenvalue weighted by atomic mass is 35.5. The number of anilines is 2. The van der Waals surface area contributed by atoms with Crippen molar-refractivity contribution >= 4 is 58.5 Å². The van der Waals surface area contributed by atoms with E-state index in [4.69, 9.17) is 9.47 Å². The molecule has 0 spiro atoms. The zero-order valence-electron chi connectivity index (χ0n) is 23.0. The molecule has 9 nitrogen and oxygen atoms in total. The molecule has 1 fully saturated rings. The molecule has 0 bridgehead atoms. The molecule has 0 amide bonds. The van der Waals surface area contributed by atoms with Crippen molar-refractivity contribution in [1.29, 1.82) is 0 Å². The van der Waals surface area contributed by atoms with Crippen molar-refractivity contribution in [3.63, 3.8) is 0 Å². The first kappa shape index (κ1) is 35.1. The van der Waals surface area contributed by atoms with Crippen molar-refractivity contribution in [2.24, 2.45) is 0 Å².